The lowest BCUT2D eigenvalue weighted by atomic mass is 10.2. The molecule has 0 aliphatic carbocycles. The van der Waals surface area contributed by atoms with Gasteiger partial charge in [0.2, 0.25) is 0 Å². The van der Waals surface area contributed by atoms with Crippen molar-refractivity contribution in [2.24, 2.45) is 4.99 Å². The van der Waals surface area contributed by atoms with Gasteiger partial charge in [0, 0.05) is 17.9 Å². The largest absolute Gasteiger partial charge is 0.316 e. The van der Waals surface area contributed by atoms with Crippen molar-refractivity contribution >= 4 is 49.1 Å². The Bertz CT molecular complexity index is 1230. The molecule has 0 atom stereocenters. The Labute approximate surface area is 177 Å². The number of sulfone groups is 1. The van der Waals surface area contributed by atoms with Gasteiger partial charge < -0.3 is 4.57 Å². The van der Waals surface area contributed by atoms with Crippen molar-refractivity contribution < 1.29 is 17.6 Å². The molecule has 0 N–H and O–H groups in total. The Kier molecular flexibility index (Phi) is 6.60. The van der Waals surface area contributed by atoms with E-state index in [1.807, 2.05) is 10.8 Å². The van der Waals surface area contributed by atoms with Crippen molar-refractivity contribution in [3.05, 3.63) is 58.6 Å². The number of carbonyl (C=O) groups is 1. The van der Waals surface area contributed by atoms with Gasteiger partial charge in [-0.1, -0.05) is 17.4 Å². The second kappa shape index (κ2) is 8.81. The van der Waals surface area contributed by atoms with Crippen LogP contribution in [0.5, 0.6) is 0 Å². The predicted octanol–water partition coefficient (Wildman–Crippen LogP) is 4.13. The molecule has 3 rings (SSSR count). The number of hydrogen-bond acceptors (Lipinski definition) is 5. The number of carbonyl (C=O) groups excluding carboxylic acids is 1. The Morgan fingerprint density at radius 1 is 1.24 bits per heavy atom. The van der Waals surface area contributed by atoms with Crippen molar-refractivity contribution in [2.75, 3.05) is 12.0 Å². The van der Waals surface area contributed by atoms with Crippen LogP contribution in [0.2, 0.25) is 0 Å². The molecule has 0 aliphatic heterocycles. The van der Waals surface area contributed by atoms with Crippen LogP contribution < -0.4 is 4.80 Å². The van der Waals surface area contributed by atoms with E-state index in [0.717, 1.165) is 11.3 Å². The summed E-state index contributed by atoms with van der Waals surface area (Å²) < 4.78 is 41.0. The average Bonchev–Trinajstić information content (AvgIpc) is 3.02. The van der Waals surface area contributed by atoms with Gasteiger partial charge in [0.05, 0.1) is 20.4 Å². The molecular formula is C20H21FN2O3S3. The molecular weight excluding hydrogens is 431 g/mol. The molecule has 0 saturated heterocycles. The van der Waals surface area contributed by atoms with Gasteiger partial charge in [-0.05, 0) is 56.5 Å². The summed E-state index contributed by atoms with van der Waals surface area (Å²) in [6.07, 6.45) is 1.98. The first-order valence-electron chi connectivity index (χ1n) is 8.95. The summed E-state index contributed by atoms with van der Waals surface area (Å²) in [5, 5.41) is -0.587. The van der Waals surface area contributed by atoms with Crippen LogP contribution in [0, 0.1) is 5.82 Å². The zero-order chi connectivity index (χ0) is 21.2. The van der Waals surface area contributed by atoms with E-state index in [9.17, 15) is 17.6 Å². The molecule has 0 spiro atoms. The highest BCUT2D eigenvalue weighted by Gasteiger charge is 2.20. The molecule has 1 amide bonds. The molecule has 5 nitrogen and oxygen atoms in total. The summed E-state index contributed by atoms with van der Waals surface area (Å²) in [4.78, 5) is 17.6. The smallest absolute Gasteiger partial charge is 0.279 e. The molecule has 9 heteroatoms. The number of fused-ring (bicyclic) bond motifs is 1. The highest BCUT2D eigenvalue weighted by atomic mass is 32.2. The van der Waals surface area contributed by atoms with Crippen LogP contribution in [0.3, 0.4) is 0 Å². The second-order valence-electron chi connectivity index (χ2n) is 6.68. The molecule has 1 heterocycles. The van der Waals surface area contributed by atoms with Crippen LogP contribution in [-0.2, 0) is 16.4 Å². The molecule has 0 bridgehead atoms. The summed E-state index contributed by atoms with van der Waals surface area (Å²) in [5.74, 6) is -0.0665. The maximum Gasteiger partial charge on any atom is 0.279 e. The summed E-state index contributed by atoms with van der Waals surface area (Å²) in [5.41, 5.74) is 1.01. The fourth-order valence-corrected chi connectivity index (χ4v) is 5.31. The molecule has 2 aromatic carbocycles. The maximum absolute atomic E-state index is 13.6. The summed E-state index contributed by atoms with van der Waals surface area (Å²) >= 11 is 2.89. The second-order valence-corrected chi connectivity index (χ2v) is 11.2. The van der Waals surface area contributed by atoms with Crippen LogP contribution in [0.4, 0.5) is 4.39 Å². The van der Waals surface area contributed by atoms with E-state index < -0.39 is 21.0 Å². The van der Waals surface area contributed by atoms with Crippen molar-refractivity contribution in [1.29, 1.82) is 0 Å². The minimum absolute atomic E-state index is 0.0993. The third-order valence-corrected chi connectivity index (χ3v) is 8.18. The Morgan fingerprint density at radius 3 is 2.69 bits per heavy atom. The van der Waals surface area contributed by atoms with Crippen LogP contribution >= 0.6 is 23.1 Å². The van der Waals surface area contributed by atoms with Gasteiger partial charge in [-0.2, -0.15) is 16.8 Å². The normalized spacial score (nSPS) is 12.8. The highest BCUT2D eigenvalue weighted by molar-refractivity contribution is 7.98. The molecule has 0 saturated carbocycles. The van der Waals surface area contributed by atoms with Gasteiger partial charge in [-0.15, -0.1) is 0 Å². The standard InChI is InChI=1S/C20H21FN2O3S3/c1-13(2)29(25,26)16-6-4-5-14(11-16)19(24)22-20-23(9-10-27-3)17-8-7-15(21)12-18(17)28-20/h4-8,11-13H,9-10H2,1-3H3. The van der Waals surface area contributed by atoms with Gasteiger partial charge >= 0.3 is 0 Å². The van der Waals surface area contributed by atoms with Crippen molar-refractivity contribution in [2.45, 2.75) is 30.5 Å². The molecule has 0 aliphatic rings. The first-order chi connectivity index (χ1) is 13.7. The number of nitrogens with zero attached hydrogens (tertiary/aromatic N) is 2. The molecule has 154 valence electrons. The fourth-order valence-electron chi connectivity index (χ4n) is 2.76. The summed E-state index contributed by atoms with van der Waals surface area (Å²) in [7, 11) is -3.49. The molecule has 1 aromatic heterocycles. The molecule has 0 radical (unpaired) electrons. The van der Waals surface area contributed by atoms with Crippen LogP contribution in [0.1, 0.15) is 24.2 Å². The Balaban J connectivity index is 2.08. The topological polar surface area (TPSA) is 68.5 Å². The van der Waals surface area contributed by atoms with Gasteiger partial charge in [0.15, 0.2) is 14.6 Å². The van der Waals surface area contributed by atoms with Crippen LogP contribution in [0.15, 0.2) is 52.4 Å². The van der Waals surface area contributed by atoms with Crippen molar-refractivity contribution in [1.82, 2.24) is 4.57 Å². The lowest BCUT2D eigenvalue weighted by Crippen LogP contribution is -2.18. The molecule has 3 aromatic rings. The van der Waals surface area contributed by atoms with E-state index in [1.165, 1.54) is 35.6 Å². The average molecular weight is 453 g/mol. The highest BCUT2D eigenvalue weighted by Crippen LogP contribution is 2.20. The van der Waals surface area contributed by atoms with Gasteiger partial charge in [-0.25, -0.2) is 12.8 Å². The van der Waals surface area contributed by atoms with E-state index in [4.69, 9.17) is 0 Å². The predicted molar refractivity (Wildman–Crippen MR) is 117 cm³/mol. The number of benzene rings is 2. The Morgan fingerprint density at radius 2 is 2.00 bits per heavy atom. The minimum Gasteiger partial charge on any atom is -0.316 e. The number of thioether (sulfide) groups is 1. The van der Waals surface area contributed by atoms with E-state index in [2.05, 4.69) is 4.99 Å². The number of amides is 1. The zero-order valence-corrected chi connectivity index (χ0v) is 18.7. The lowest BCUT2D eigenvalue weighted by molar-refractivity contribution is 0.0997. The number of hydrogen-bond donors (Lipinski definition) is 0. The third kappa shape index (κ3) is 4.62. The van der Waals surface area contributed by atoms with E-state index in [0.29, 0.717) is 16.0 Å². The first-order valence-corrected chi connectivity index (χ1v) is 12.7. The van der Waals surface area contributed by atoms with Gasteiger partial charge in [-0.3, -0.25) is 4.79 Å². The Hall–Kier alpha value is -1.97. The number of aromatic nitrogens is 1. The minimum atomic E-state index is -3.49. The fraction of sp³-hybridized carbons (Fsp3) is 0.300. The van der Waals surface area contributed by atoms with Crippen LogP contribution in [0.25, 0.3) is 10.2 Å². The third-order valence-electron chi connectivity index (χ3n) is 4.39. The van der Waals surface area contributed by atoms with Gasteiger partial charge in [0.1, 0.15) is 5.82 Å². The van der Waals surface area contributed by atoms with Crippen molar-refractivity contribution in [3.63, 3.8) is 0 Å². The van der Waals surface area contributed by atoms with Crippen molar-refractivity contribution in [3.8, 4) is 0 Å². The monoisotopic (exact) mass is 452 g/mol. The zero-order valence-electron chi connectivity index (χ0n) is 16.3. The summed E-state index contributed by atoms with van der Waals surface area (Å²) in [6, 6.07) is 10.4. The summed E-state index contributed by atoms with van der Waals surface area (Å²) in [6.45, 7) is 3.82. The maximum atomic E-state index is 13.6. The first kappa shape index (κ1) is 21.7. The molecule has 0 unspecified atom stereocenters. The number of thiazole rings is 1. The molecule has 0 fully saturated rings. The lowest BCUT2D eigenvalue weighted by Gasteiger charge is -2.08. The quantitative estimate of drug-likeness (QED) is 0.564. The number of aryl methyl sites for hydroxylation is 1. The van der Waals surface area contributed by atoms with E-state index in [-0.39, 0.29) is 16.3 Å². The SMILES string of the molecule is CSCCn1c(=NC(=O)c2cccc(S(=O)(=O)C(C)C)c2)sc2cc(F)ccc21. The number of rotatable bonds is 6. The van der Waals surface area contributed by atoms with Crippen LogP contribution in [-0.4, -0.2) is 36.2 Å². The number of halogens is 1. The molecule has 29 heavy (non-hydrogen) atoms. The van der Waals surface area contributed by atoms with Gasteiger partial charge in [0.25, 0.3) is 5.91 Å². The van der Waals surface area contributed by atoms with E-state index in [1.54, 1.807) is 43.8 Å². The van der Waals surface area contributed by atoms with E-state index >= 15 is 0 Å².